The molecule has 0 saturated heterocycles. The van der Waals surface area contributed by atoms with Crippen LogP contribution in [-0.2, 0) is 9.09 Å². The highest BCUT2D eigenvalue weighted by Crippen LogP contribution is 2.41. The highest BCUT2D eigenvalue weighted by atomic mass is 35.5. The van der Waals surface area contributed by atoms with Crippen molar-refractivity contribution < 1.29 is 9.09 Å². The van der Waals surface area contributed by atoms with E-state index in [9.17, 15) is 4.57 Å². The Kier molecular flexibility index (Phi) is 6.63. The zero-order valence-electron chi connectivity index (χ0n) is 12.2. The minimum absolute atomic E-state index is 0. The fourth-order valence-electron chi connectivity index (χ4n) is 2.13. The van der Waals surface area contributed by atoms with Gasteiger partial charge in [-0.15, -0.1) is 12.4 Å². The van der Waals surface area contributed by atoms with Crippen molar-refractivity contribution in [2.24, 2.45) is 5.73 Å². The Morgan fingerprint density at radius 3 is 2.10 bits per heavy atom. The highest BCUT2D eigenvalue weighted by Gasteiger charge is 2.18. The van der Waals surface area contributed by atoms with Crippen molar-refractivity contribution in [1.82, 2.24) is 0 Å². The number of rotatable bonds is 5. The second kappa shape index (κ2) is 7.77. The molecule has 0 aliphatic rings. The van der Waals surface area contributed by atoms with E-state index in [-0.39, 0.29) is 18.4 Å². The van der Waals surface area contributed by atoms with E-state index in [1.165, 1.54) is 0 Å². The molecule has 0 aliphatic carbocycles. The summed E-state index contributed by atoms with van der Waals surface area (Å²) in [7, 11) is -2.71. The Morgan fingerprint density at radius 1 is 1.05 bits per heavy atom. The van der Waals surface area contributed by atoms with E-state index >= 15 is 0 Å². The molecule has 2 unspecified atom stereocenters. The monoisotopic (exact) mass is 325 g/mol. The third-order valence-corrected chi connectivity index (χ3v) is 5.24. The second-order valence-corrected chi connectivity index (χ2v) is 7.21. The van der Waals surface area contributed by atoms with Gasteiger partial charge < -0.3 is 10.3 Å². The average Bonchev–Trinajstić information content (AvgIpc) is 2.47. The standard InChI is InChI=1S/C16H20NO2P.ClH/c1-3-19-20(2,18)15-11-9-14(10-12-15)16(17)13-7-5-4-6-8-13;/h4-12,16H,3,17H2,1-2H3;1H. The quantitative estimate of drug-likeness (QED) is 0.852. The first kappa shape index (κ1) is 17.9. The first-order chi connectivity index (χ1) is 9.54. The molecule has 0 amide bonds. The van der Waals surface area contributed by atoms with Crippen LogP contribution in [0.2, 0.25) is 0 Å². The summed E-state index contributed by atoms with van der Waals surface area (Å²) in [5, 5.41) is 0.725. The molecule has 0 radical (unpaired) electrons. The van der Waals surface area contributed by atoms with E-state index in [2.05, 4.69) is 0 Å². The van der Waals surface area contributed by atoms with E-state index in [1.54, 1.807) is 6.66 Å². The normalized spacial score (nSPS) is 14.8. The molecule has 0 heterocycles. The van der Waals surface area contributed by atoms with Gasteiger partial charge in [0, 0.05) is 12.0 Å². The third kappa shape index (κ3) is 4.42. The lowest BCUT2D eigenvalue weighted by Gasteiger charge is -2.16. The lowest BCUT2D eigenvalue weighted by molar-refractivity contribution is 0.345. The first-order valence-corrected chi connectivity index (χ1v) is 8.75. The zero-order chi connectivity index (χ0) is 14.6. The lowest BCUT2D eigenvalue weighted by atomic mass is 10.00. The van der Waals surface area contributed by atoms with Crippen molar-refractivity contribution in [1.29, 1.82) is 0 Å². The van der Waals surface area contributed by atoms with Crippen LogP contribution >= 0.6 is 19.8 Å². The van der Waals surface area contributed by atoms with E-state index in [4.69, 9.17) is 10.3 Å². The minimum Gasteiger partial charge on any atom is -0.326 e. The molecule has 2 N–H and O–H groups in total. The topological polar surface area (TPSA) is 52.3 Å². The summed E-state index contributed by atoms with van der Waals surface area (Å²) in [6.07, 6.45) is 0. The summed E-state index contributed by atoms with van der Waals surface area (Å²) in [6, 6.07) is 17.3. The van der Waals surface area contributed by atoms with Crippen LogP contribution in [0.3, 0.4) is 0 Å². The fraction of sp³-hybridized carbons (Fsp3) is 0.250. The van der Waals surface area contributed by atoms with Crippen molar-refractivity contribution in [3.05, 3.63) is 65.7 Å². The molecule has 5 heteroatoms. The molecule has 3 nitrogen and oxygen atoms in total. The third-order valence-electron chi connectivity index (χ3n) is 3.26. The van der Waals surface area contributed by atoms with Crippen molar-refractivity contribution in [3.63, 3.8) is 0 Å². The Bertz CT molecular complexity index is 601. The maximum absolute atomic E-state index is 12.3. The smallest absolute Gasteiger partial charge is 0.229 e. The van der Waals surface area contributed by atoms with Gasteiger partial charge in [-0.05, 0) is 30.2 Å². The van der Waals surface area contributed by atoms with Crippen LogP contribution in [0, 0.1) is 0 Å². The zero-order valence-corrected chi connectivity index (χ0v) is 13.9. The molecule has 0 bridgehead atoms. The Balaban J connectivity index is 0.00000220. The van der Waals surface area contributed by atoms with Crippen LogP contribution in [0.1, 0.15) is 24.1 Å². The number of benzene rings is 2. The summed E-state index contributed by atoms with van der Waals surface area (Å²) in [4.78, 5) is 0. The van der Waals surface area contributed by atoms with Gasteiger partial charge in [-0.3, -0.25) is 4.57 Å². The van der Waals surface area contributed by atoms with Gasteiger partial charge in [0.15, 0.2) is 0 Å². The number of hydrogen-bond acceptors (Lipinski definition) is 3. The Hall–Kier alpha value is -1.12. The van der Waals surface area contributed by atoms with Gasteiger partial charge in [-0.2, -0.15) is 0 Å². The molecule has 21 heavy (non-hydrogen) atoms. The number of halogens is 1. The van der Waals surface area contributed by atoms with Crippen LogP contribution in [0.25, 0.3) is 0 Å². The molecule has 2 atom stereocenters. The van der Waals surface area contributed by atoms with Gasteiger partial charge in [0.25, 0.3) is 0 Å². The molecule has 0 aliphatic heterocycles. The molecule has 2 aromatic carbocycles. The summed E-state index contributed by atoms with van der Waals surface area (Å²) in [5.41, 5.74) is 8.29. The van der Waals surface area contributed by atoms with Crippen LogP contribution in [0.5, 0.6) is 0 Å². The molecule has 0 spiro atoms. The summed E-state index contributed by atoms with van der Waals surface area (Å²) >= 11 is 0. The van der Waals surface area contributed by atoms with E-state index < -0.39 is 7.37 Å². The van der Waals surface area contributed by atoms with Crippen molar-refractivity contribution in [2.45, 2.75) is 13.0 Å². The molecule has 2 aromatic rings. The summed E-state index contributed by atoms with van der Waals surface area (Å²) in [6.45, 7) is 3.93. The average molecular weight is 326 g/mol. The van der Waals surface area contributed by atoms with Gasteiger partial charge in [0.2, 0.25) is 7.37 Å². The second-order valence-electron chi connectivity index (χ2n) is 4.74. The molecular weight excluding hydrogens is 305 g/mol. The van der Waals surface area contributed by atoms with E-state index in [0.29, 0.717) is 6.61 Å². The van der Waals surface area contributed by atoms with Crippen molar-refractivity contribution in [3.8, 4) is 0 Å². The minimum atomic E-state index is -2.71. The van der Waals surface area contributed by atoms with E-state index in [1.807, 2.05) is 61.5 Å². The van der Waals surface area contributed by atoms with Crippen molar-refractivity contribution >= 4 is 25.1 Å². The van der Waals surface area contributed by atoms with Gasteiger partial charge in [0.05, 0.1) is 12.6 Å². The van der Waals surface area contributed by atoms with Gasteiger partial charge >= 0.3 is 0 Å². The van der Waals surface area contributed by atoms with Crippen LogP contribution in [0.4, 0.5) is 0 Å². The predicted octanol–water partition coefficient (Wildman–Crippen LogP) is 3.73. The van der Waals surface area contributed by atoms with Crippen LogP contribution < -0.4 is 11.0 Å². The number of nitrogens with two attached hydrogens (primary N) is 1. The first-order valence-electron chi connectivity index (χ1n) is 6.67. The predicted molar refractivity (Wildman–Crippen MR) is 91.0 cm³/mol. The molecule has 114 valence electrons. The van der Waals surface area contributed by atoms with Gasteiger partial charge in [-0.1, -0.05) is 42.5 Å². The molecular formula is C16H21ClNO2P. The fourth-order valence-corrected chi connectivity index (χ4v) is 3.46. The largest absolute Gasteiger partial charge is 0.326 e. The highest BCUT2D eigenvalue weighted by molar-refractivity contribution is 7.66. The Morgan fingerprint density at radius 2 is 1.57 bits per heavy atom. The van der Waals surface area contributed by atoms with Crippen LogP contribution in [0.15, 0.2) is 54.6 Å². The molecule has 0 fully saturated rings. The molecule has 2 rings (SSSR count). The summed E-state index contributed by atoms with van der Waals surface area (Å²) < 4.78 is 17.6. The van der Waals surface area contributed by atoms with Crippen LogP contribution in [-0.4, -0.2) is 13.3 Å². The summed E-state index contributed by atoms with van der Waals surface area (Å²) in [5.74, 6) is 0. The Labute approximate surface area is 132 Å². The maximum atomic E-state index is 12.3. The van der Waals surface area contributed by atoms with Crippen molar-refractivity contribution in [2.75, 3.05) is 13.3 Å². The lowest BCUT2D eigenvalue weighted by Crippen LogP contribution is -2.13. The maximum Gasteiger partial charge on any atom is 0.229 e. The SMILES string of the molecule is CCOP(C)(=O)c1ccc(C(N)c2ccccc2)cc1.Cl. The van der Waals surface area contributed by atoms with E-state index in [0.717, 1.165) is 16.4 Å². The van der Waals surface area contributed by atoms with Gasteiger partial charge in [-0.25, -0.2) is 0 Å². The van der Waals surface area contributed by atoms with Gasteiger partial charge in [0.1, 0.15) is 0 Å². The number of hydrogen-bond donors (Lipinski definition) is 1. The molecule has 0 saturated carbocycles. The molecule has 0 aromatic heterocycles.